The zero-order valence-corrected chi connectivity index (χ0v) is 44.8. The average molecular weight is 1090 g/mol. The molecular weight excluding hydrogens is 1030 g/mol. The molecule has 0 aliphatic heterocycles. The van der Waals surface area contributed by atoms with Crippen molar-refractivity contribution < 1.29 is 41.0 Å². The van der Waals surface area contributed by atoms with Crippen molar-refractivity contribution in [3.63, 3.8) is 0 Å². The molecule has 2 atom stereocenters. The number of ether oxygens (including phenoxy) is 1. The van der Waals surface area contributed by atoms with E-state index in [0.29, 0.717) is 91.9 Å². The second-order valence-electron chi connectivity index (χ2n) is 17.9. The largest absolute Gasteiger partial charge is 2.00 e. The van der Waals surface area contributed by atoms with Gasteiger partial charge in [-0.15, -0.1) is 20.5 Å². The molecule has 16 heteroatoms. The molecule has 13 nitrogen and oxygen atoms in total. The molecule has 4 aromatic carbocycles. The summed E-state index contributed by atoms with van der Waals surface area (Å²) in [6.45, 7) is 9.04. The van der Waals surface area contributed by atoms with Gasteiger partial charge in [-0.1, -0.05) is 180 Å². The molecule has 8 rings (SSSR count). The van der Waals surface area contributed by atoms with Gasteiger partial charge in [-0.2, -0.15) is 0 Å². The summed E-state index contributed by atoms with van der Waals surface area (Å²) in [4.78, 5) is 42.3. The van der Waals surface area contributed by atoms with Gasteiger partial charge in [-0.25, -0.2) is 24.7 Å². The third-order valence-corrected chi connectivity index (χ3v) is 13.2. The van der Waals surface area contributed by atoms with Gasteiger partial charge in [0.1, 0.15) is 21.7 Å². The molecule has 0 aliphatic carbocycles. The van der Waals surface area contributed by atoms with Crippen LogP contribution in [0.3, 0.4) is 0 Å². The van der Waals surface area contributed by atoms with Crippen LogP contribution in [0.1, 0.15) is 113 Å². The number of carbonyl (C=O) groups excluding carboxylic acids is 2. The van der Waals surface area contributed by atoms with Gasteiger partial charge in [0.15, 0.2) is 17.4 Å². The molecule has 0 spiro atoms. The Morgan fingerprint density at radius 2 is 1.04 bits per heavy atom. The number of unbranched alkanes of at least 4 members (excludes halogenated alkanes) is 2. The van der Waals surface area contributed by atoms with E-state index in [0.717, 1.165) is 49.7 Å². The minimum atomic E-state index is -0.407. The topological polar surface area (TPSA) is 190 Å². The molecule has 8 aromatic rings. The number of rotatable bonds is 21. The fraction of sp³-hybridized carbons (Fsp3) is 0.288. The maximum atomic E-state index is 12.8. The fourth-order valence-electron chi connectivity index (χ4n) is 8.47. The summed E-state index contributed by atoms with van der Waals surface area (Å²) in [5.74, 6) is 0.946. The Balaban J connectivity index is 0.000000241. The van der Waals surface area contributed by atoms with Gasteiger partial charge in [0.2, 0.25) is 0 Å². The minimum Gasteiger partial charge on any atom is -0.872 e. The van der Waals surface area contributed by atoms with Crippen molar-refractivity contribution in [2.45, 2.75) is 91.9 Å². The number of halogens is 2. The summed E-state index contributed by atoms with van der Waals surface area (Å²) in [5.41, 5.74) is 5.55. The molecule has 0 fully saturated rings. The molecule has 75 heavy (non-hydrogen) atoms. The number of hydrogen-bond donors (Lipinski definition) is 0. The molecule has 0 N–H and O–H groups in total. The van der Waals surface area contributed by atoms with Crippen molar-refractivity contribution in [3.05, 3.63) is 155 Å². The van der Waals surface area contributed by atoms with Crippen molar-refractivity contribution in [2.24, 2.45) is 32.3 Å². The first kappa shape index (κ1) is 57.3. The summed E-state index contributed by atoms with van der Waals surface area (Å²) < 4.78 is 5.48. The third kappa shape index (κ3) is 15.5. The Morgan fingerprint density at radius 1 is 0.573 bits per heavy atom. The molecule has 4 aromatic heterocycles. The Kier molecular flexibility index (Phi) is 21.9. The Labute approximate surface area is 457 Å². The van der Waals surface area contributed by atoms with E-state index in [4.69, 9.17) is 27.9 Å². The molecular formula is C59H58Cl2N8NiO5. The minimum absolute atomic E-state index is 0. The van der Waals surface area contributed by atoms with E-state index in [-0.39, 0.29) is 44.1 Å². The van der Waals surface area contributed by atoms with Crippen molar-refractivity contribution in [1.82, 2.24) is 19.9 Å². The summed E-state index contributed by atoms with van der Waals surface area (Å²) in [6.07, 6.45) is 13.3. The molecule has 0 saturated heterocycles. The van der Waals surface area contributed by atoms with E-state index in [1.54, 1.807) is 54.7 Å². The maximum absolute atomic E-state index is 12.8. The molecule has 0 radical (unpaired) electrons. The van der Waals surface area contributed by atoms with E-state index in [2.05, 4.69) is 68.1 Å². The van der Waals surface area contributed by atoms with E-state index in [1.807, 2.05) is 60.7 Å². The summed E-state index contributed by atoms with van der Waals surface area (Å²) in [7, 11) is 0. The number of benzene rings is 4. The van der Waals surface area contributed by atoms with Gasteiger partial charge < -0.3 is 14.9 Å². The average Bonchev–Trinajstić information content (AvgIpc) is 3.43. The molecule has 4 heterocycles. The van der Waals surface area contributed by atoms with Crippen LogP contribution in [0.25, 0.3) is 44.1 Å². The Bertz CT molecular complexity index is 3000. The van der Waals surface area contributed by atoms with Crippen LogP contribution in [0.4, 0.5) is 23.0 Å². The Hall–Kier alpha value is -6.99. The van der Waals surface area contributed by atoms with Crippen molar-refractivity contribution in [1.29, 1.82) is 0 Å². The van der Waals surface area contributed by atoms with Crippen LogP contribution >= 0.6 is 23.2 Å². The fourth-order valence-corrected chi connectivity index (χ4v) is 8.86. The van der Waals surface area contributed by atoms with E-state index < -0.39 is 5.97 Å². The summed E-state index contributed by atoms with van der Waals surface area (Å²) in [6, 6.07) is 35.0. The van der Waals surface area contributed by atoms with Crippen LogP contribution in [0.2, 0.25) is 10.3 Å². The van der Waals surface area contributed by atoms with Crippen molar-refractivity contribution in [3.8, 4) is 33.8 Å². The number of carbonyl (C=O) groups is 2. The number of esters is 1. The normalized spacial score (nSPS) is 12.1. The number of azo groups is 2. The van der Waals surface area contributed by atoms with Gasteiger partial charge in [0.05, 0.1) is 23.2 Å². The second kappa shape index (κ2) is 28.6. The van der Waals surface area contributed by atoms with Gasteiger partial charge in [0, 0.05) is 35.2 Å². The zero-order chi connectivity index (χ0) is 52.4. The van der Waals surface area contributed by atoms with Crippen LogP contribution < -0.4 is 10.2 Å². The smallest absolute Gasteiger partial charge is 0.872 e. The predicted octanol–water partition coefficient (Wildman–Crippen LogP) is 16.4. The molecule has 0 bridgehead atoms. The molecule has 388 valence electrons. The number of hydrogen-bond acceptors (Lipinski definition) is 13. The SMILES string of the molecule is CCCCC(CC)CCC(=O)c1ccc(N=Nc2ccc([O-])c3c(-c4ccccc4)cc(Cl)nc23)nc1.CCCCC(CC)COC(=O)c1ccc(N=Nc2ccc([O-])c3c(-c4ccccc4)cc(Cl)nc23)nc1.[Ni+2]. The number of aromatic nitrogens is 4. The standard InChI is InChI=1S/C30H31ClN4O2.C29H29ClN4O3.Ni/c1-3-5-9-20(4-2)12-15-25(36)22-13-17-28(32-19-22)35-34-24-14-16-26(37)29-23(18-27(31)33-30(24)29)21-10-7-6-8-11-21;1-3-5-9-19(4-2)18-37-29(36)21-12-15-26(31-17-21)34-33-23-13-14-24(35)27-22(16-25(30)32-28(23)27)20-10-7-6-8-11-20;/h6-8,10-11,13-14,16-20,37H,3-5,9,12,15H2,1-2H3;6-8,10-17,19,35H,3-5,9,18H2,1-2H3;/q;;+2/p-2. The number of nitrogens with zero attached hydrogens (tertiary/aromatic N) is 8. The number of ketones is 1. The van der Waals surface area contributed by atoms with Crippen LogP contribution in [0.15, 0.2) is 154 Å². The third-order valence-electron chi connectivity index (χ3n) is 12.8. The summed E-state index contributed by atoms with van der Waals surface area (Å²) >= 11 is 12.6. The first-order valence-electron chi connectivity index (χ1n) is 25.2. The Morgan fingerprint density at radius 3 is 1.48 bits per heavy atom. The number of pyridine rings is 4. The van der Waals surface area contributed by atoms with E-state index in [1.165, 1.54) is 37.6 Å². The summed E-state index contributed by atoms with van der Waals surface area (Å²) in [5, 5.41) is 43.9. The van der Waals surface area contributed by atoms with Gasteiger partial charge in [-0.3, -0.25) is 4.79 Å². The molecule has 0 amide bonds. The van der Waals surface area contributed by atoms with Gasteiger partial charge in [-0.05, 0) is 95.5 Å². The first-order chi connectivity index (χ1) is 36.0. The van der Waals surface area contributed by atoms with Crippen LogP contribution in [-0.2, 0) is 21.2 Å². The van der Waals surface area contributed by atoms with Gasteiger partial charge >= 0.3 is 22.5 Å². The number of Topliss-reactive ketones (excluding diaryl/α,β-unsaturated/α-hetero) is 1. The first-order valence-corrected chi connectivity index (χ1v) is 25.9. The number of fused-ring (bicyclic) bond motifs is 2. The predicted molar refractivity (Wildman–Crippen MR) is 291 cm³/mol. The molecule has 0 saturated carbocycles. The molecule has 0 aliphatic rings. The zero-order valence-electron chi connectivity index (χ0n) is 42.3. The monoisotopic (exact) mass is 1090 g/mol. The van der Waals surface area contributed by atoms with E-state index in [9.17, 15) is 19.8 Å². The van der Waals surface area contributed by atoms with Crippen LogP contribution in [0.5, 0.6) is 11.5 Å². The van der Waals surface area contributed by atoms with Crippen molar-refractivity contribution in [2.75, 3.05) is 6.61 Å². The van der Waals surface area contributed by atoms with E-state index >= 15 is 0 Å². The van der Waals surface area contributed by atoms with Crippen molar-refractivity contribution >= 4 is 79.8 Å². The van der Waals surface area contributed by atoms with Gasteiger partial charge in [0.25, 0.3) is 0 Å². The second-order valence-corrected chi connectivity index (χ2v) is 18.7. The maximum Gasteiger partial charge on any atom is 2.00 e. The van der Waals surface area contributed by atoms with Crippen LogP contribution in [0, 0.1) is 11.8 Å². The quantitative estimate of drug-likeness (QED) is 0.0221. The molecule has 2 unspecified atom stereocenters. The van der Waals surface area contributed by atoms with Crippen LogP contribution in [-0.4, -0.2) is 38.3 Å².